The van der Waals surface area contributed by atoms with Gasteiger partial charge in [0.15, 0.2) is 0 Å². The predicted molar refractivity (Wildman–Crippen MR) is 128 cm³/mol. The summed E-state index contributed by atoms with van der Waals surface area (Å²) in [5.41, 5.74) is 1.18. The summed E-state index contributed by atoms with van der Waals surface area (Å²) in [5, 5.41) is 13.6. The Labute approximate surface area is 193 Å². The van der Waals surface area contributed by atoms with Crippen molar-refractivity contribution in [2.75, 3.05) is 23.4 Å². The first-order valence-electron chi connectivity index (χ1n) is 10.9. The first kappa shape index (κ1) is 24.0. The highest BCUT2D eigenvalue weighted by Gasteiger charge is 2.37. The van der Waals surface area contributed by atoms with Crippen LogP contribution in [0.5, 0.6) is 5.75 Å². The molecule has 0 bridgehead atoms. The zero-order chi connectivity index (χ0) is 24.2. The molecule has 2 aromatic rings. The average Bonchev–Trinajstić information content (AvgIpc) is 2.85. The predicted octanol–water partition coefficient (Wildman–Crippen LogP) is 5.04. The maximum absolute atomic E-state index is 13.2. The van der Waals surface area contributed by atoms with Gasteiger partial charge in [0.1, 0.15) is 12.4 Å². The van der Waals surface area contributed by atoms with Crippen LogP contribution in [0.3, 0.4) is 0 Å². The van der Waals surface area contributed by atoms with Crippen LogP contribution in [0.4, 0.5) is 17.1 Å². The number of rotatable bonds is 7. The fourth-order valence-electron chi connectivity index (χ4n) is 3.40. The lowest BCUT2D eigenvalue weighted by molar-refractivity contribution is -0.384. The molecular weight excluding hydrogens is 422 g/mol. The zero-order valence-electron chi connectivity index (χ0n) is 19.3. The molecule has 8 heteroatoms. The topological polar surface area (TPSA) is 102 Å². The van der Waals surface area contributed by atoms with Crippen LogP contribution in [0.15, 0.2) is 48.5 Å². The van der Waals surface area contributed by atoms with Crippen LogP contribution in [0.25, 0.3) is 6.08 Å². The minimum absolute atomic E-state index is 0.0106. The van der Waals surface area contributed by atoms with E-state index in [1.54, 1.807) is 41.3 Å². The summed E-state index contributed by atoms with van der Waals surface area (Å²) in [6.45, 7) is 8.80. The Morgan fingerprint density at radius 1 is 1.24 bits per heavy atom. The SMILES string of the molecule is CC(C)CCN1C(=O)C(C)(C)COc2ccc(NC(=O)/C=C/c3ccc([N+](=O)[O-])cc3)cc21. The number of amides is 2. The molecule has 0 saturated heterocycles. The van der Waals surface area contributed by atoms with Gasteiger partial charge in [-0.1, -0.05) is 13.8 Å². The minimum atomic E-state index is -0.660. The van der Waals surface area contributed by atoms with E-state index < -0.39 is 10.3 Å². The van der Waals surface area contributed by atoms with Crippen molar-refractivity contribution in [2.45, 2.75) is 34.1 Å². The van der Waals surface area contributed by atoms with Crippen molar-refractivity contribution >= 4 is 35.0 Å². The van der Waals surface area contributed by atoms with E-state index in [4.69, 9.17) is 4.74 Å². The summed E-state index contributed by atoms with van der Waals surface area (Å²) in [6, 6.07) is 11.2. The molecule has 0 fully saturated rings. The quantitative estimate of drug-likeness (QED) is 0.361. The van der Waals surface area contributed by atoms with Gasteiger partial charge in [-0.05, 0) is 68.2 Å². The molecule has 0 spiro atoms. The Bertz CT molecular complexity index is 1070. The van der Waals surface area contributed by atoms with Crippen molar-refractivity contribution in [1.29, 1.82) is 0 Å². The molecule has 33 heavy (non-hydrogen) atoms. The molecule has 1 heterocycles. The second-order valence-corrected chi connectivity index (χ2v) is 9.17. The number of carbonyl (C=O) groups excluding carboxylic acids is 2. The lowest BCUT2D eigenvalue weighted by Gasteiger charge is -2.28. The van der Waals surface area contributed by atoms with Crippen LogP contribution in [0.2, 0.25) is 0 Å². The van der Waals surface area contributed by atoms with Crippen molar-refractivity contribution in [3.63, 3.8) is 0 Å². The molecule has 0 aromatic heterocycles. The molecule has 1 aliphatic rings. The Morgan fingerprint density at radius 3 is 2.58 bits per heavy atom. The number of nitro groups is 1. The van der Waals surface area contributed by atoms with Crippen LogP contribution >= 0.6 is 0 Å². The van der Waals surface area contributed by atoms with Crippen molar-refractivity contribution in [2.24, 2.45) is 11.3 Å². The van der Waals surface area contributed by atoms with Gasteiger partial charge in [0.05, 0.1) is 16.0 Å². The Balaban J connectivity index is 1.78. The number of nitro benzene ring substituents is 1. The fourth-order valence-corrected chi connectivity index (χ4v) is 3.40. The molecule has 174 valence electrons. The van der Waals surface area contributed by atoms with E-state index in [-0.39, 0.29) is 24.1 Å². The minimum Gasteiger partial charge on any atom is -0.490 e. The number of ether oxygens (including phenoxy) is 1. The largest absolute Gasteiger partial charge is 0.490 e. The highest BCUT2D eigenvalue weighted by Crippen LogP contribution is 2.38. The molecule has 3 rings (SSSR count). The van der Waals surface area contributed by atoms with Gasteiger partial charge in [0.25, 0.3) is 5.69 Å². The van der Waals surface area contributed by atoms with Gasteiger partial charge in [-0.25, -0.2) is 0 Å². The molecule has 2 aromatic carbocycles. The third kappa shape index (κ3) is 5.97. The molecule has 1 aliphatic heterocycles. The first-order chi connectivity index (χ1) is 15.6. The van der Waals surface area contributed by atoms with Gasteiger partial charge in [0.2, 0.25) is 11.8 Å². The Hall–Kier alpha value is -3.68. The van der Waals surface area contributed by atoms with E-state index in [0.717, 1.165) is 6.42 Å². The van der Waals surface area contributed by atoms with E-state index in [1.165, 1.54) is 18.2 Å². The summed E-state index contributed by atoms with van der Waals surface area (Å²) in [4.78, 5) is 37.7. The van der Waals surface area contributed by atoms with Gasteiger partial charge < -0.3 is 15.0 Å². The maximum Gasteiger partial charge on any atom is 0.269 e. The van der Waals surface area contributed by atoms with Crippen LogP contribution in [0.1, 0.15) is 39.7 Å². The number of nitrogens with zero attached hydrogens (tertiary/aromatic N) is 2. The second-order valence-electron chi connectivity index (χ2n) is 9.17. The first-order valence-corrected chi connectivity index (χ1v) is 10.9. The van der Waals surface area contributed by atoms with Gasteiger partial charge in [-0.2, -0.15) is 0 Å². The summed E-state index contributed by atoms with van der Waals surface area (Å²) >= 11 is 0. The normalized spacial score (nSPS) is 15.2. The maximum atomic E-state index is 13.2. The molecule has 0 radical (unpaired) electrons. The van der Waals surface area contributed by atoms with Gasteiger partial charge in [0, 0.05) is 30.4 Å². The third-order valence-corrected chi connectivity index (χ3v) is 5.39. The number of fused-ring (bicyclic) bond motifs is 1. The molecule has 1 N–H and O–H groups in total. The van der Waals surface area contributed by atoms with Crippen molar-refractivity contribution in [1.82, 2.24) is 0 Å². The van der Waals surface area contributed by atoms with Crippen LogP contribution in [-0.2, 0) is 9.59 Å². The number of benzene rings is 2. The van der Waals surface area contributed by atoms with Gasteiger partial charge >= 0.3 is 0 Å². The number of anilines is 2. The molecule has 2 amide bonds. The fraction of sp³-hybridized carbons (Fsp3) is 0.360. The lowest BCUT2D eigenvalue weighted by Crippen LogP contribution is -2.42. The van der Waals surface area contributed by atoms with E-state index in [9.17, 15) is 19.7 Å². The smallest absolute Gasteiger partial charge is 0.269 e. The highest BCUT2D eigenvalue weighted by atomic mass is 16.6. The number of carbonyl (C=O) groups is 2. The average molecular weight is 452 g/mol. The number of hydrogen-bond donors (Lipinski definition) is 1. The molecule has 0 aliphatic carbocycles. The van der Waals surface area contributed by atoms with Crippen molar-refractivity contribution in [3.05, 3.63) is 64.2 Å². The van der Waals surface area contributed by atoms with E-state index in [0.29, 0.717) is 35.2 Å². The molecule has 0 saturated carbocycles. The molecule has 0 atom stereocenters. The standard InChI is InChI=1S/C25H29N3O5/c1-17(2)13-14-27-21-15-19(8-11-22(21)33-16-25(3,4)24(27)30)26-23(29)12-7-18-5-9-20(10-6-18)28(31)32/h5-12,15,17H,13-14,16H2,1-4H3,(H,26,29)/b12-7+. The second kappa shape index (κ2) is 9.85. The summed E-state index contributed by atoms with van der Waals surface area (Å²) in [5.74, 6) is 0.671. The number of non-ortho nitro benzene ring substituents is 1. The van der Waals surface area contributed by atoms with Crippen molar-refractivity contribution < 1.29 is 19.2 Å². The number of hydrogen-bond acceptors (Lipinski definition) is 5. The Morgan fingerprint density at radius 2 is 1.94 bits per heavy atom. The monoisotopic (exact) mass is 451 g/mol. The lowest BCUT2D eigenvalue weighted by atomic mass is 9.92. The van der Waals surface area contributed by atoms with E-state index in [2.05, 4.69) is 19.2 Å². The molecule has 0 unspecified atom stereocenters. The summed E-state index contributed by atoms with van der Waals surface area (Å²) < 4.78 is 5.93. The number of nitrogens with one attached hydrogen (secondary N) is 1. The van der Waals surface area contributed by atoms with E-state index >= 15 is 0 Å². The molecule has 8 nitrogen and oxygen atoms in total. The van der Waals surface area contributed by atoms with Crippen molar-refractivity contribution in [3.8, 4) is 5.75 Å². The zero-order valence-corrected chi connectivity index (χ0v) is 19.3. The van der Waals surface area contributed by atoms with Gasteiger partial charge in [-0.3, -0.25) is 19.7 Å². The van der Waals surface area contributed by atoms with E-state index in [1.807, 2.05) is 13.8 Å². The van der Waals surface area contributed by atoms with Crippen LogP contribution in [0, 0.1) is 21.4 Å². The third-order valence-electron chi connectivity index (χ3n) is 5.39. The van der Waals surface area contributed by atoms with Gasteiger partial charge in [-0.15, -0.1) is 0 Å². The van der Waals surface area contributed by atoms with Crippen LogP contribution in [-0.4, -0.2) is 29.9 Å². The molecular formula is C25H29N3O5. The Kier molecular flexibility index (Phi) is 7.16. The summed E-state index contributed by atoms with van der Waals surface area (Å²) in [7, 11) is 0. The summed E-state index contributed by atoms with van der Waals surface area (Å²) in [6.07, 6.45) is 3.77. The highest BCUT2D eigenvalue weighted by molar-refractivity contribution is 6.04. The van der Waals surface area contributed by atoms with Crippen LogP contribution < -0.4 is 15.0 Å².